The molecule has 0 saturated heterocycles. The van der Waals surface area contributed by atoms with Crippen LogP contribution in [0.3, 0.4) is 0 Å². The molecule has 0 bridgehead atoms. The largest absolute Gasteiger partial charge is 0.478 e. The SMILES string of the molecule is O=C(NCCc1ccccc1C(=O)O)c1cncnc1. The molecule has 0 fully saturated rings. The van der Waals surface area contributed by atoms with E-state index in [0.29, 0.717) is 24.1 Å². The third kappa shape index (κ3) is 3.38. The first kappa shape index (κ1) is 13.7. The van der Waals surface area contributed by atoms with Crippen molar-refractivity contribution in [1.29, 1.82) is 0 Å². The van der Waals surface area contributed by atoms with Crippen LogP contribution in [-0.2, 0) is 6.42 Å². The molecule has 0 spiro atoms. The zero-order valence-electron chi connectivity index (χ0n) is 10.6. The van der Waals surface area contributed by atoms with Crippen LogP contribution in [0.5, 0.6) is 0 Å². The van der Waals surface area contributed by atoms with E-state index in [1.807, 2.05) is 0 Å². The summed E-state index contributed by atoms with van der Waals surface area (Å²) < 4.78 is 0. The Morgan fingerprint density at radius 1 is 1.15 bits per heavy atom. The van der Waals surface area contributed by atoms with E-state index in [1.165, 1.54) is 18.7 Å². The predicted octanol–water partition coefficient (Wildman–Crippen LogP) is 1.15. The molecular weight excluding hydrogens is 258 g/mol. The predicted molar refractivity (Wildman–Crippen MR) is 71.5 cm³/mol. The van der Waals surface area contributed by atoms with Crippen molar-refractivity contribution in [3.8, 4) is 0 Å². The van der Waals surface area contributed by atoms with Crippen LogP contribution in [0.1, 0.15) is 26.3 Å². The monoisotopic (exact) mass is 271 g/mol. The number of nitrogens with one attached hydrogen (secondary N) is 1. The fourth-order valence-electron chi connectivity index (χ4n) is 1.78. The Balaban J connectivity index is 1.94. The minimum absolute atomic E-state index is 0.254. The van der Waals surface area contributed by atoms with Gasteiger partial charge in [0, 0.05) is 18.9 Å². The number of carbonyl (C=O) groups is 2. The Hall–Kier alpha value is -2.76. The number of aromatic carboxylic acids is 1. The van der Waals surface area contributed by atoms with Gasteiger partial charge in [0.15, 0.2) is 0 Å². The van der Waals surface area contributed by atoms with E-state index in [2.05, 4.69) is 15.3 Å². The van der Waals surface area contributed by atoms with Crippen molar-refractivity contribution in [3.63, 3.8) is 0 Å². The quantitative estimate of drug-likeness (QED) is 0.851. The standard InChI is InChI=1S/C14H13N3O3/c18-13(11-7-15-9-16-8-11)17-6-5-10-3-1-2-4-12(10)14(19)20/h1-4,7-9H,5-6H2,(H,17,18)(H,19,20). The number of carbonyl (C=O) groups excluding carboxylic acids is 1. The van der Waals surface area contributed by atoms with Gasteiger partial charge in [0.25, 0.3) is 5.91 Å². The zero-order chi connectivity index (χ0) is 14.4. The van der Waals surface area contributed by atoms with E-state index in [-0.39, 0.29) is 11.5 Å². The summed E-state index contributed by atoms with van der Waals surface area (Å²) in [5, 5.41) is 11.8. The summed E-state index contributed by atoms with van der Waals surface area (Å²) in [6.07, 6.45) is 4.64. The van der Waals surface area contributed by atoms with Gasteiger partial charge in [-0.15, -0.1) is 0 Å². The van der Waals surface area contributed by atoms with Crippen LogP contribution in [-0.4, -0.2) is 33.5 Å². The van der Waals surface area contributed by atoms with E-state index in [1.54, 1.807) is 24.3 Å². The fraction of sp³-hybridized carbons (Fsp3) is 0.143. The summed E-state index contributed by atoms with van der Waals surface area (Å²) in [4.78, 5) is 30.3. The lowest BCUT2D eigenvalue weighted by atomic mass is 10.0. The van der Waals surface area contributed by atoms with Crippen molar-refractivity contribution in [2.45, 2.75) is 6.42 Å². The van der Waals surface area contributed by atoms with Gasteiger partial charge in [-0.1, -0.05) is 18.2 Å². The van der Waals surface area contributed by atoms with E-state index >= 15 is 0 Å². The summed E-state index contributed by atoms with van der Waals surface area (Å²) in [6.45, 7) is 0.345. The molecular formula is C14H13N3O3. The van der Waals surface area contributed by atoms with Gasteiger partial charge in [-0.2, -0.15) is 0 Å². The van der Waals surface area contributed by atoms with Crippen molar-refractivity contribution in [2.24, 2.45) is 0 Å². The summed E-state index contributed by atoms with van der Waals surface area (Å²) in [5.41, 5.74) is 1.31. The highest BCUT2D eigenvalue weighted by Crippen LogP contribution is 2.09. The number of aromatic nitrogens is 2. The van der Waals surface area contributed by atoms with Crippen LogP contribution >= 0.6 is 0 Å². The Morgan fingerprint density at radius 2 is 1.85 bits per heavy atom. The molecule has 0 unspecified atom stereocenters. The number of hydrogen-bond donors (Lipinski definition) is 2. The summed E-state index contributed by atoms with van der Waals surface area (Å²) in [7, 11) is 0. The molecule has 6 heteroatoms. The number of carboxylic acid groups (broad SMARTS) is 1. The van der Waals surface area contributed by atoms with Crippen LogP contribution in [0.2, 0.25) is 0 Å². The lowest BCUT2D eigenvalue weighted by Crippen LogP contribution is -2.26. The van der Waals surface area contributed by atoms with Gasteiger partial charge in [0.05, 0.1) is 11.1 Å². The molecule has 0 aliphatic carbocycles. The first-order valence-corrected chi connectivity index (χ1v) is 6.03. The molecule has 1 amide bonds. The fourth-order valence-corrected chi connectivity index (χ4v) is 1.78. The smallest absolute Gasteiger partial charge is 0.335 e. The van der Waals surface area contributed by atoms with Crippen molar-refractivity contribution < 1.29 is 14.7 Å². The van der Waals surface area contributed by atoms with Crippen LogP contribution < -0.4 is 5.32 Å². The first-order valence-electron chi connectivity index (χ1n) is 6.03. The second-order valence-electron chi connectivity index (χ2n) is 4.10. The maximum Gasteiger partial charge on any atom is 0.335 e. The van der Waals surface area contributed by atoms with Gasteiger partial charge >= 0.3 is 5.97 Å². The van der Waals surface area contributed by atoms with Crippen molar-refractivity contribution in [3.05, 3.63) is 59.7 Å². The Morgan fingerprint density at radius 3 is 2.55 bits per heavy atom. The molecule has 1 aromatic heterocycles. The second kappa shape index (κ2) is 6.42. The second-order valence-corrected chi connectivity index (χ2v) is 4.10. The van der Waals surface area contributed by atoms with E-state index < -0.39 is 5.97 Å². The number of amides is 1. The highest BCUT2D eigenvalue weighted by atomic mass is 16.4. The molecule has 0 saturated carbocycles. The Bertz CT molecular complexity index is 614. The molecule has 2 aromatic rings. The minimum atomic E-state index is -0.969. The van der Waals surface area contributed by atoms with Crippen molar-refractivity contribution in [1.82, 2.24) is 15.3 Å². The first-order chi connectivity index (χ1) is 9.68. The molecule has 102 valence electrons. The summed E-state index contributed by atoms with van der Waals surface area (Å²) >= 11 is 0. The molecule has 0 aliphatic rings. The lowest BCUT2D eigenvalue weighted by molar-refractivity contribution is 0.0695. The summed E-state index contributed by atoms with van der Waals surface area (Å²) in [5.74, 6) is -1.25. The van der Waals surface area contributed by atoms with E-state index in [9.17, 15) is 9.59 Å². The molecule has 2 rings (SSSR count). The van der Waals surface area contributed by atoms with E-state index in [0.717, 1.165) is 0 Å². The third-order valence-electron chi connectivity index (χ3n) is 2.75. The molecule has 1 aromatic carbocycles. The van der Waals surface area contributed by atoms with Gasteiger partial charge in [-0.3, -0.25) is 4.79 Å². The van der Waals surface area contributed by atoms with Gasteiger partial charge in [0.1, 0.15) is 6.33 Å². The molecule has 2 N–H and O–H groups in total. The number of benzene rings is 1. The molecule has 1 heterocycles. The van der Waals surface area contributed by atoms with Crippen molar-refractivity contribution >= 4 is 11.9 Å². The molecule has 0 aliphatic heterocycles. The van der Waals surface area contributed by atoms with Crippen molar-refractivity contribution in [2.75, 3.05) is 6.54 Å². The number of carboxylic acids is 1. The molecule has 20 heavy (non-hydrogen) atoms. The third-order valence-corrected chi connectivity index (χ3v) is 2.75. The van der Waals surface area contributed by atoms with Gasteiger partial charge in [-0.25, -0.2) is 14.8 Å². The highest BCUT2D eigenvalue weighted by Gasteiger charge is 2.09. The minimum Gasteiger partial charge on any atom is -0.478 e. The van der Waals surface area contributed by atoms with Crippen LogP contribution in [0.15, 0.2) is 43.0 Å². The number of rotatable bonds is 5. The lowest BCUT2D eigenvalue weighted by Gasteiger charge is -2.07. The normalized spacial score (nSPS) is 10.0. The average molecular weight is 271 g/mol. The average Bonchev–Trinajstić information content (AvgIpc) is 2.48. The van der Waals surface area contributed by atoms with Crippen LogP contribution in [0.25, 0.3) is 0 Å². The highest BCUT2D eigenvalue weighted by molar-refractivity contribution is 5.93. The van der Waals surface area contributed by atoms with E-state index in [4.69, 9.17) is 5.11 Å². The maximum atomic E-state index is 11.7. The molecule has 0 radical (unpaired) electrons. The van der Waals surface area contributed by atoms with Gasteiger partial charge in [-0.05, 0) is 18.1 Å². The topological polar surface area (TPSA) is 92.2 Å². The Kier molecular flexibility index (Phi) is 4.39. The Labute approximate surface area is 115 Å². The van der Waals surface area contributed by atoms with Crippen LogP contribution in [0.4, 0.5) is 0 Å². The molecule has 0 atom stereocenters. The van der Waals surface area contributed by atoms with Gasteiger partial charge < -0.3 is 10.4 Å². The number of hydrogen-bond acceptors (Lipinski definition) is 4. The maximum absolute atomic E-state index is 11.7. The van der Waals surface area contributed by atoms with Gasteiger partial charge in [0.2, 0.25) is 0 Å². The van der Waals surface area contributed by atoms with Crippen LogP contribution in [0, 0.1) is 0 Å². The molecule has 6 nitrogen and oxygen atoms in total. The zero-order valence-corrected chi connectivity index (χ0v) is 10.6. The summed E-state index contributed by atoms with van der Waals surface area (Å²) in [6, 6.07) is 6.73. The number of nitrogens with zero attached hydrogens (tertiary/aromatic N) is 2.